The lowest BCUT2D eigenvalue weighted by molar-refractivity contribution is 0.296. The summed E-state index contributed by atoms with van der Waals surface area (Å²) >= 11 is 0. The van der Waals surface area contributed by atoms with E-state index in [4.69, 9.17) is 4.74 Å². The monoisotopic (exact) mass is 275 g/mol. The molecule has 0 aliphatic heterocycles. The average Bonchev–Trinajstić information content (AvgIpc) is 3.22. The number of ether oxygens (including phenoxy) is 1. The van der Waals surface area contributed by atoms with E-state index < -0.39 is 0 Å². The highest BCUT2D eigenvalue weighted by Crippen LogP contribution is 2.31. The summed E-state index contributed by atoms with van der Waals surface area (Å²) in [4.78, 5) is 2.25. The Morgan fingerprint density at radius 2 is 2.00 bits per heavy atom. The fourth-order valence-corrected chi connectivity index (χ4v) is 2.49. The zero-order chi connectivity index (χ0) is 14.4. The SMILES string of the molecule is CCCc1cc(CCCN(C)C)ccc1OCC1CC1. The molecule has 0 amide bonds. The Kier molecular flexibility index (Phi) is 5.90. The smallest absolute Gasteiger partial charge is 0.122 e. The molecule has 0 heterocycles. The second-order valence-corrected chi connectivity index (χ2v) is 6.35. The van der Waals surface area contributed by atoms with E-state index >= 15 is 0 Å². The molecule has 0 spiro atoms. The van der Waals surface area contributed by atoms with Crippen molar-refractivity contribution in [2.24, 2.45) is 5.92 Å². The first kappa shape index (κ1) is 15.4. The zero-order valence-electron chi connectivity index (χ0n) is 13.3. The van der Waals surface area contributed by atoms with Crippen LogP contribution in [-0.2, 0) is 12.8 Å². The van der Waals surface area contributed by atoms with E-state index in [1.54, 1.807) is 0 Å². The Hall–Kier alpha value is -1.02. The third-order valence-corrected chi connectivity index (χ3v) is 3.89. The van der Waals surface area contributed by atoms with Gasteiger partial charge < -0.3 is 9.64 Å². The number of nitrogens with zero attached hydrogens (tertiary/aromatic N) is 1. The summed E-state index contributed by atoms with van der Waals surface area (Å²) in [5, 5.41) is 0. The molecular weight excluding hydrogens is 246 g/mol. The molecule has 0 unspecified atom stereocenters. The quantitative estimate of drug-likeness (QED) is 0.677. The fraction of sp³-hybridized carbons (Fsp3) is 0.667. The van der Waals surface area contributed by atoms with Gasteiger partial charge in [0.25, 0.3) is 0 Å². The molecule has 1 saturated carbocycles. The minimum absolute atomic E-state index is 0.823. The third kappa shape index (κ3) is 5.16. The van der Waals surface area contributed by atoms with Crippen molar-refractivity contribution in [3.8, 4) is 5.75 Å². The Labute approximate surface area is 124 Å². The Morgan fingerprint density at radius 3 is 2.65 bits per heavy atom. The van der Waals surface area contributed by atoms with Crippen LogP contribution in [0.1, 0.15) is 43.7 Å². The van der Waals surface area contributed by atoms with E-state index in [0.717, 1.165) is 37.7 Å². The topological polar surface area (TPSA) is 12.5 Å². The lowest BCUT2D eigenvalue weighted by Crippen LogP contribution is -2.13. The molecule has 2 rings (SSSR count). The van der Waals surface area contributed by atoms with Crippen LogP contribution in [0, 0.1) is 5.92 Å². The maximum atomic E-state index is 6.00. The molecule has 0 atom stereocenters. The van der Waals surface area contributed by atoms with Crippen LogP contribution in [-0.4, -0.2) is 32.1 Å². The van der Waals surface area contributed by atoms with Gasteiger partial charge in [-0.15, -0.1) is 0 Å². The molecule has 2 nitrogen and oxygen atoms in total. The maximum Gasteiger partial charge on any atom is 0.122 e. The van der Waals surface area contributed by atoms with Crippen LogP contribution in [0.5, 0.6) is 5.75 Å². The number of hydrogen-bond donors (Lipinski definition) is 0. The molecule has 1 aromatic carbocycles. The van der Waals surface area contributed by atoms with Crippen molar-refractivity contribution < 1.29 is 4.74 Å². The van der Waals surface area contributed by atoms with Gasteiger partial charge in [-0.05, 0) is 75.9 Å². The molecule has 1 aliphatic rings. The van der Waals surface area contributed by atoms with Gasteiger partial charge in [0, 0.05) is 0 Å². The van der Waals surface area contributed by atoms with E-state index in [9.17, 15) is 0 Å². The van der Waals surface area contributed by atoms with Crippen LogP contribution in [0.4, 0.5) is 0 Å². The highest BCUT2D eigenvalue weighted by atomic mass is 16.5. The lowest BCUT2D eigenvalue weighted by atomic mass is 10.0. The van der Waals surface area contributed by atoms with Gasteiger partial charge in [-0.25, -0.2) is 0 Å². The van der Waals surface area contributed by atoms with Crippen molar-refractivity contribution in [3.63, 3.8) is 0 Å². The Bertz CT molecular complexity index is 410. The molecule has 0 saturated heterocycles. The molecule has 1 aliphatic carbocycles. The molecule has 2 heteroatoms. The standard InChI is InChI=1S/C18H29NO/c1-4-6-17-13-15(7-5-12-19(2)3)10-11-18(17)20-14-16-8-9-16/h10-11,13,16H,4-9,12,14H2,1-3H3. The van der Waals surface area contributed by atoms with Gasteiger partial charge in [0.15, 0.2) is 0 Å². The number of benzene rings is 1. The van der Waals surface area contributed by atoms with Gasteiger partial charge >= 0.3 is 0 Å². The molecular formula is C18H29NO. The fourth-order valence-electron chi connectivity index (χ4n) is 2.49. The minimum Gasteiger partial charge on any atom is -0.493 e. The van der Waals surface area contributed by atoms with E-state index in [2.05, 4.69) is 44.1 Å². The molecule has 1 fully saturated rings. The van der Waals surface area contributed by atoms with E-state index in [0.29, 0.717) is 0 Å². The van der Waals surface area contributed by atoms with Crippen LogP contribution < -0.4 is 4.74 Å². The summed E-state index contributed by atoms with van der Waals surface area (Å²) in [6, 6.07) is 6.80. The van der Waals surface area contributed by atoms with Gasteiger partial charge in [0.2, 0.25) is 0 Å². The lowest BCUT2D eigenvalue weighted by Gasteiger charge is -2.13. The summed E-state index contributed by atoms with van der Waals surface area (Å²) < 4.78 is 6.00. The van der Waals surface area contributed by atoms with Crippen molar-refractivity contribution in [2.45, 2.75) is 45.4 Å². The Balaban J connectivity index is 1.93. The minimum atomic E-state index is 0.823. The van der Waals surface area contributed by atoms with Crippen molar-refractivity contribution in [1.29, 1.82) is 0 Å². The highest BCUT2D eigenvalue weighted by Gasteiger charge is 2.22. The number of rotatable bonds is 9. The van der Waals surface area contributed by atoms with Gasteiger partial charge in [-0.1, -0.05) is 25.5 Å². The van der Waals surface area contributed by atoms with Crippen molar-refractivity contribution in [2.75, 3.05) is 27.2 Å². The van der Waals surface area contributed by atoms with Gasteiger partial charge in [-0.2, -0.15) is 0 Å². The second-order valence-electron chi connectivity index (χ2n) is 6.35. The predicted molar refractivity (Wildman–Crippen MR) is 85.5 cm³/mol. The molecule has 112 valence electrons. The summed E-state index contributed by atoms with van der Waals surface area (Å²) in [6.45, 7) is 4.31. The molecule has 1 aromatic rings. The van der Waals surface area contributed by atoms with Gasteiger partial charge in [-0.3, -0.25) is 0 Å². The van der Waals surface area contributed by atoms with Gasteiger partial charge in [0.05, 0.1) is 6.61 Å². The van der Waals surface area contributed by atoms with Crippen LogP contribution in [0.2, 0.25) is 0 Å². The highest BCUT2D eigenvalue weighted by molar-refractivity contribution is 5.37. The van der Waals surface area contributed by atoms with Crippen LogP contribution in [0.15, 0.2) is 18.2 Å². The summed E-state index contributed by atoms with van der Waals surface area (Å²) in [6.07, 6.45) is 7.40. The van der Waals surface area contributed by atoms with Crippen LogP contribution in [0.25, 0.3) is 0 Å². The van der Waals surface area contributed by atoms with E-state index in [1.807, 2.05) is 0 Å². The molecule has 0 bridgehead atoms. The largest absolute Gasteiger partial charge is 0.493 e. The molecule has 0 N–H and O–H groups in total. The summed E-state index contributed by atoms with van der Waals surface area (Å²) in [5.41, 5.74) is 2.85. The first-order valence-electron chi connectivity index (χ1n) is 8.08. The van der Waals surface area contributed by atoms with E-state index in [1.165, 1.54) is 36.8 Å². The second kappa shape index (κ2) is 7.68. The third-order valence-electron chi connectivity index (χ3n) is 3.89. The van der Waals surface area contributed by atoms with Crippen molar-refractivity contribution in [1.82, 2.24) is 4.90 Å². The summed E-state index contributed by atoms with van der Waals surface area (Å²) in [7, 11) is 4.27. The molecule has 20 heavy (non-hydrogen) atoms. The van der Waals surface area contributed by atoms with E-state index in [-0.39, 0.29) is 0 Å². The first-order chi connectivity index (χ1) is 9.69. The summed E-state index contributed by atoms with van der Waals surface area (Å²) in [5.74, 6) is 1.94. The number of aryl methyl sites for hydroxylation is 2. The Morgan fingerprint density at radius 1 is 1.20 bits per heavy atom. The van der Waals surface area contributed by atoms with Crippen LogP contribution >= 0.6 is 0 Å². The first-order valence-corrected chi connectivity index (χ1v) is 8.08. The predicted octanol–water partition coefficient (Wildman–Crippen LogP) is 3.92. The average molecular weight is 275 g/mol. The maximum absolute atomic E-state index is 6.00. The number of hydrogen-bond acceptors (Lipinski definition) is 2. The molecule has 0 radical (unpaired) electrons. The van der Waals surface area contributed by atoms with Crippen LogP contribution in [0.3, 0.4) is 0 Å². The van der Waals surface area contributed by atoms with Crippen molar-refractivity contribution >= 4 is 0 Å². The van der Waals surface area contributed by atoms with Crippen molar-refractivity contribution in [3.05, 3.63) is 29.3 Å². The molecule has 0 aromatic heterocycles. The van der Waals surface area contributed by atoms with Gasteiger partial charge in [0.1, 0.15) is 5.75 Å². The normalized spacial score (nSPS) is 14.8. The zero-order valence-corrected chi connectivity index (χ0v) is 13.3.